The van der Waals surface area contributed by atoms with E-state index in [0.717, 1.165) is 51.1 Å². The summed E-state index contributed by atoms with van der Waals surface area (Å²) in [5.41, 5.74) is 0. The first kappa shape index (κ1) is 14.4. The predicted molar refractivity (Wildman–Crippen MR) is 71.8 cm³/mol. The Kier molecular flexibility index (Phi) is 5.75. The molecule has 19 heavy (non-hydrogen) atoms. The lowest BCUT2D eigenvalue weighted by Crippen LogP contribution is -2.37. The highest BCUT2D eigenvalue weighted by Crippen LogP contribution is 2.17. The maximum atomic E-state index is 5.16. The first-order valence-electron chi connectivity index (χ1n) is 6.99. The third-order valence-electron chi connectivity index (χ3n) is 3.55. The Morgan fingerprint density at radius 2 is 2.21 bits per heavy atom. The van der Waals surface area contributed by atoms with Gasteiger partial charge in [0.05, 0.1) is 13.2 Å². The average molecular weight is 268 g/mol. The normalized spacial score (nSPS) is 18.0. The van der Waals surface area contributed by atoms with Crippen molar-refractivity contribution in [2.24, 2.45) is 5.92 Å². The van der Waals surface area contributed by atoms with E-state index in [1.807, 2.05) is 6.92 Å². The molecular weight excluding hydrogens is 244 g/mol. The number of methoxy groups -OCH3 is 1. The second-order valence-corrected chi connectivity index (χ2v) is 5.15. The molecule has 0 aromatic carbocycles. The zero-order chi connectivity index (χ0) is 13.5. The van der Waals surface area contributed by atoms with Crippen molar-refractivity contribution in [2.45, 2.75) is 26.3 Å². The van der Waals surface area contributed by atoms with Gasteiger partial charge in [-0.1, -0.05) is 5.16 Å². The van der Waals surface area contributed by atoms with Crippen molar-refractivity contribution in [3.05, 3.63) is 11.7 Å². The van der Waals surface area contributed by atoms with Gasteiger partial charge < -0.3 is 14.6 Å². The Morgan fingerprint density at radius 1 is 1.42 bits per heavy atom. The van der Waals surface area contributed by atoms with E-state index in [9.17, 15) is 0 Å². The van der Waals surface area contributed by atoms with Crippen LogP contribution >= 0.6 is 0 Å². The summed E-state index contributed by atoms with van der Waals surface area (Å²) in [5, 5.41) is 7.26. The number of rotatable bonds is 7. The number of hydrogen-bond acceptors (Lipinski definition) is 6. The lowest BCUT2D eigenvalue weighted by atomic mass is 9.97. The van der Waals surface area contributed by atoms with Gasteiger partial charge in [-0.25, -0.2) is 0 Å². The molecule has 1 aromatic rings. The molecule has 1 N–H and O–H groups in total. The number of nitrogens with one attached hydrogen (secondary N) is 1. The van der Waals surface area contributed by atoms with Crippen LogP contribution in [0, 0.1) is 12.8 Å². The number of aromatic nitrogens is 2. The fraction of sp³-hybridized carbons (Fsp3) is 0.846. The Labute approximate surface area is 114 Å². The standard InChI is InChI=1S/C13H24N4O2/c1-11-15-13(19-16-11)10-17-6-3-12(4-7-17)9-14-5-8-18-2/h12,14H,3-10H2,1-2H3. The molecule has 1 aliphatic heterocycles. The molecule has 0 atom stereocenters. The van der Waals surface area contributed by atoms with Gasteiger partial charge in [-0.2, -0.15) is 4.98 Å². The Hall–Kier alpha value is -0.980. The minimum absolute atomic E-state index is 0.715. The predicted octanol–water partition coefficient (Wildman–Crippen LogP) is 0.826. The molecular formula is C13H24N4O2. The monoisotopic (exact) mass is 268 g/mol. The zero-order valence-electron chi connectivity index (χ0n) is 11.9. The van der Waals surface area contributed by atoms with Crippen molar-refractivity contribution in [2.75, 3.05) is 39.9 Å². The quantitative estimate of drug-likeness (QED) is 0.739. The van der Waals surface area contributed by atoms with Crippen molar-refractivity contribution < 1.29 is 9.26 Å². The number of ether oxygens (including phenoxy) is 1. The zero-order valence-corrected chi connectivity index (χ0v) is 11.9. The van der Waals surface area contributed by atoms with E-state index in [1.165, 1.54) is 12.8 Å². The average Bonchev–Trinajstić information content (AvgIpc) is 2.82. The van der Waals surface area contributed by atoms with Crippen LogP contribution < -0.4 is 5.32 Å². The van der Waals surface area contributed by atoms with Crippen molar-refractivity contribution in [3.8, 4) is 0 Å². The molecule has 0 spiro atoms. The molecule has 2 heterocycles. The summed E-state index contributed by atoms with van der Waals surface area (Å²) >= 11 is 0. The van der Waals surface area contributed by atoms with Gasteiger partial charge in [0.1, 0.15) is 0 Å². The van der Waals surface area contributed by atoms with Gasteiger partial charge in [-0.05, 0) is 45.3 Å². The summed E-state index contributed by atoms with van der Waals surface area (Å²) in [4.78, 5) is 6.64. The molecule has 1 aromatic heterocycles. The first-order chi connectivity index (χ1) is 9.28. The molecule has 6 heteroatoms. The molecule has 0 unspecified atom stereocenters. The van der Waals surface area contributed by atoms with E-state index < -0.39 is 0 Å². The van der Waals surface area contributed by atoms with Crippen molar-refractivity contribution >= 4 is 0 Å². The fourth-order valence-corrected chi connectivity index (χ4v) is 2.42. The van der Waals surface area contributed by atoms with Crippen LogP contribution in [0.3, 0.4) is 0 Å². The maximum absolute atomic E-state index is 5.16. The molecule has 0 radical (unpaired) electrons. The second-order valence-electron chi connectivity index (χ2n) is 5.15. The summed E-state index contributed by atoms with van der Waals surface area (Å²) in [7, 11) is 1.74. The number of nitrogens with zero attached hydrogens (tertiary/aromatic N) is 3. The molecule has 2 rings (SSSR count). The molecule has 1 fully saturated rings. The summed E-state index contributed by atoms with van der Waals surface area (Å²) < 4.78 is 10.2. The van der Waals surface area contributed by atoms with E-state index in [4.69, 9.17) is 9.26 Å². The first-order valence-corrected chi connectivity index (χ1v) is 6.99. The summed E-state index contributed by atoms with van der Waals surface area (Å²) in [5.74, 6) is 2.22. The van der Waals surface area contributed by atoms with Crippen LogP contribution in [-0.2, 0) is 11.3 Å². The van der Waals surface area contributed by atoms with Gasteiger partial charge in [0.15, 0.2) is 5.82 Å². The minimum Gasteiger partial charge on any atom is -0.383 e. The van der Waals surface area contributed by atoms with Crippen molar-refractivity contribution in [3.63, 3.8) is 0 Å². The Balaban J connectivity index is 1.62. The highest BCUT2D eigenvalue weighted by molar-refractivity contribution is 4.84. The van der Waals surface area contributed by atoms with Crippen LogP contribution in [0.25, 0.3) is 0 Å². The van der Waals surface area contributed by atoms with Gasteiger partial charge in [0, 0.05) is 13.7 Å². The Bertz CT molecular complexity index is 361. The third kappa shape index (κ3) is 4.89. The maximum Gasteiger partial charge on any atom is 0.240 e. The van der Waals surface area contributed by atoms with Crippen molar-refractivity contribution in [1.29, 1.82) is 0 Å². The molecule has 0 saturated carbocycles. The van der Waals surface area contributed by atoms with Crippen molar-refractivity contribution in [1.82, 2.24) is 20.4 Å². The minimum atomic E-state index is 0.715. The van der Waals surface area contributed by atoms with Crippen LogP contribution in [0.4, 0.5) is 0 Å². The van der Waals surface area contributed by atoms with Gasteiger partial charge in [0.25, 0.3) is 0 Å². The second kappa shape index (κ2) is 7.57. The lowest BCUT2D eigenvalue weighted by molar-refractivity contribution is 0.154. The third-order valence-corrected chi connectivity index (χ3v) is 3.55. The van der Waals surface area contributed by atoms with E-state index in [-0.39, 0.29) is 0 Å². The SMILES string of the molecule is COCCNCC1CCN(Cc2nc(C)no2)CC1. The molecule has 108 valence electrons. The van der Waals surface area contributed by atoms with Crippen LogP contribution in [0.5, 0.6) is 0 Å². The van der Waals surface area contributed by atoms with Gasteiger partial charge in [-0.3, -0.25) is 4.90 Å². The summed E-state index contributed by atoms with van der Waals surface area (Å²) in [6, 6.07) is 0. The van der Waals surface area contributed by atoms with E-state index in [1.54, 1.807) is 7.11 Å². The summed E-state index contributed by atoms with van der Waals surface area (Å²) in [6.07, 6.45) is 2.46. The van der Waals surface area contributed by atoms with Crippen LogP contribution in [0.15, 0.2) is 4.52 Å². The van der Waals surface area contributed by atoms with Crippen LogP contribution in [0.1, 0.15) is 24.6 Å². The van der Waals surface area contributed by atoms with Gasteiger partial charge in [0.2, 0.25) is 5.89 Å². The number of piperidine rings is 1. The molecule has 1 aliphatic rings. The lowest BCUT2D eigenvalue weighted by Gasteiger charge is -2.31. The molecule has 0 aliphatic carbocycles. The number of hydrogen-bond donors (Lipinski definition) is 1. The number of aryl methyl sites for hydroxylation is 1. The largest absolute Gasteiger partial charge is 0.383 e. The molecule has 0 amide bonds. The van der Waals surface area contributed by atoms with E-state index in [2.05, 4.69) is 20.4 Å². The van der Waals surface area contributed by atoms with Crippen LogP contribution in [0.2, 0.25) is 0 Å². The van der Waals surface area contributed by atoms with Crippen LogP contribution in [-0.4, -0.2) is 54.9 Å². The molecule has 6 nitrogen and oxygen atoms in total. The fourth-order valence-electron chi connectivity index (χ4n) is 2.42. The molecule has 0 bridgehead atoms. The van der Waals surface area contributed by atoms with Gasteiger partial charge in [-0.15, -0.1) is 0 Å². The molecule has 1 saturated heterocycles. The highest BCUT2D eigenvalue weighted by Gasteiger charge is 2.20. The van der Waals surface area contributed by atoms with Gasteiger partial charge >= 0.3 is 0 Å². The van der Waals surface area contributed by atoms with E-state index >= 15 is 0 Å². The smallest absolute Gasteiger partial charge is 0.240 e. The Morgan fingerprint density at radius 3 is 2.84 bits per heavy atom. The van der Waals surface area contributed by atoms with E-state index in [0.29, 0.717) is 5.82 Å². The topological polar surface area (TPSA) is 63.4 Å². The summed E-state index contributed by atoms with van der Waals surface area (Å²) in [6.45, 7) is 7.68. The number of likely N-dealkylation sites (tertiary alicyclic amines) is 1. The highest BCUT2D eigenvalue weighted by atomic mass is 16.5.